The van der Waals surface area contributed by atoms with Crippen LogP contribution in [0.5, 0.6) is 5.75 Å². The molecule has 1 aliphatic heterocycles. The molecule has 0 atom stereocenters. The summed E-state index contributed by atoms with van der Waals surface area (Å²) in [6.45, 7) is 0.192. The number of hydrogen-bond acceptors (Lipinski definition) is 2. The Bertz CT molecular complexity index is 1190. The Hall–Kier alpha value is -3.32. The molecule has 0 unspecified atom stereocenters. The molecule has 0 saturated carbocycles. The summed E-state index contributed by atoms with van der Waals surface area (Å²) >= 11 is 6.27. The van der Waals surface area contributed by atoms with Gasteiger partial charge in [0.2, 0.25) is 0 Å². The van der Waals surface area contributed by atoms with Crippen LogP contribution in [0.25, 0.3) is 11.6 Å². The zero-order valence-electron chi connectivity index (χ0n) is 15.8. The van der Waals surface area contributed by atoms with Gasteiger partial charge in [0.1, 0.15) is 18.2 Å². The van der Waals surface area contributed by atoms with Gasteiger partial charge in [0.05, 0.1) is 10.6 Å². The number of benzene rings is 3. The van der Waals surface area contributed by atoms with E-state index in [0.717, 1.165) is 17.7 Å². The lowest BCUT2D eigenvalue weighted by Crippen LogP contribution is -2.06. The van der Waals surface area contributed by atoms with Crippen LogP contribution in [0, 0.1) is 5.82 Å². The van der Waals surface area contributed by atoms with Gasteiger partial charge in [-0.15, -0.1) is 0 Å². The third-order valence-electron chi connectivity index (χ3n) is 4.70. The lowest BCUT2D eigenvalue weighted by atomic mass is 10.0. The largest absolute Gasteiger partial charge is 0.487 e. The summed E-state index contributed by atoms with van der Waals surface area (Å²) in [5, 5.41) is 2.75. The Kier molecular flexibility index (Phi) is 5.45. The third kappa shape index (κ3) is 4.56. The summed E-state index contributed by atoms with van der Waals surface area (Å²) in [6, 6.07) is 13.9. The zero-order chi connectivity index (χ0) is 22.2. The van der Waals surface area contributed by atoms with Crippen LogP contribution in [0.3, 0.4) is 0 Å². The maximum Gasteiger partial charge on any atom is 0.416 e. The molecule has 4 rings (SSSR count). The quantitative estimate of drug-likeness (QED) is 0.363. The molecular weight excluding hydrogens is 434 g/mol. The summed E-state index contributed by atoms with van der Waals surface area (Å²) in [5.74, 6) is -0.437. The van der Waals surface area contributed by atoms with Crippen molar-refractivity contribution in [3.8, 4) is 5.75 Å². The van der Waals surface area contributed by atoms with Crippen molar-refractivity contribution in [1.29, 1.82) is 0 Å². The molecule has 0 bridgehead atoms. The maximum absolute atomic E-state index is 13.0. The fourth-order valence-corrected chi connectivity index (χ4v) is 3.39. The minimum absolute atomic E-state index is 0.108. The van der Waals surface area contributed by atoms with Gasteiger partial charge in [0, 0.05) is 16.8 Å². The van der Waals surface area contributed by atoms with Crippen LogP contribution >= 0.6 is 11.6 Å². The van der Waals surface area contributed by atoms with Crippen LogP contribution < -0.4 is 10.1 Å². The summed E-state index contributed by atoms with van der Waals surface area (Å²) in [6.07, 6.45) is -2.95. The number of carbonyl (C=O) groups is 1. The average molecular weight is 448 g/mol. The van der Waals surface area contributed by atoms with Crippen molar-refractivity contribution in [2.75, 3.05) is 5.32 Å². The summed E-state index contributed by atoms with van der Waals surface area (Å²) in [7, 11) is 0. The number of ether oxygens (including phenoxy) is 1. The highest BCUT2D eigenvalue weighted by Crippen LogP contribution is 2.38. The van der Waals surface area contributed by atoms with Crippen molar-refractivity contribution < 1.29 is 27.1 Å². The first-order valence-corrected chi connectivity index (χ1v) is 9.50. The average Bonchev–Trinajstić information content (AvgIpc) is 3.02. The molecule has 0 spiro atoms. The van der Waals surface area contributed by atoms with Crippen molar-refractivity contribution in [3.63, 3.8) is 0 Å². The van der Waals surface area contributed by atoms with Crippen molar-refractivity contribution in [1.82, 2.24) is 0 Å². The SMILES string of the molecule is O=C1Nc2cc(C(F)(F)F)ccc2/C1=C/c1ccc(OCc2ccc(F)cc2)c(Cl)c1. The van der Waals surface area contributed by atoms with Crippen LogP contribution in [-0.2, 0) is 17.6 Å². The van der Waals surface area contributed by atoms with Crippen LogP contribution in [-0.4, -0.2) is 5.91 Å². The number of halogens is 5. The predicted molar refractivity (Wildman–Crippen MR) is 110 cm³/mol. The highest BCUT2D eigenvalue weighted by Gasteiger charge is 2.33. The molecule has 31 heavy (non-hydrogen) atoms. The standard InChI is InChI=1S/C23H14ClF4NO2/c24-19-10-14(3-8-21(19)31-12-13-1-5-16(25)6-2-13)9-18-17-7-4-15(23(26,27)28)11-20(17)29-22(18)30/h1-11H,12H2,(H,29,30)/b18-9-. The normalized spacial score (nSPS) is 14.5. The number of nitrogens with one attached hydrogen (secondary N) is 1. The minimum Gasteiger partial charge on any atom is -0.487 e. The Morgan fingerprint density at radius 1 is 1.00 bits per heavy atom. The van der Waals surface area contributed by atoms with Crippen LogP contribution in [0.2, 0.25) is 5.02 Å². The van der Waals surface area contributed by atoms with Crippen LogP contribution in [0.1, 0.15) is 22.3 Å². The van der Waals surface area contributed by atoms with E-state index < -0.39 is 17.6 Å². The lowest BCUT2D eigenvalue weighted by molar-refractivity contribution is -0.137. The van der Waals surface area contributed by atoms with E-state index in [9.17, 15) is 22.4 Å². The summed E-state index contributed by atoms with van der Waals surface area (Å²) < 4.78 is 57.3. The number of carbonyl (C=O) groups excluding carboxylic acids is 1. The van der Waals surface area contributed by atoms with Crippen molar-refractivity contribution >= 4 is 34.8 Å². The molecular formula is C23H14ClF4NO2. The van der Waals surface area contributed by atoms with E-state index in [1.165, 1.54) is 18.2 Å². The van der Waals surface area contributed by atoms with Gasteiger partial charge >= 0.3 is 6.18 Å². The molecule has 0 aliphatic carbocycles. The first-order chi connectivity index (χ1) is 14.7. The number of amides is 1. The second-order valence-corrected chi connectivity index (χ2v) is 7.28. The number of anilines is 1. The number of rotatable bonds is 4. The first kappa shape index (κ1) is 20.9. The molecule has 0 aromatic heterocycles. The molecule has 3 aromatic rings. The number of hydrogen-bond donors (Lipinski definition) is 1. The van der Waals surface area contributed by atoms with E-state index in [4.69, 9.17) is 16.3 Å². The second-order valence-electron chi connectivity index (χ2n) is 6.88. The molecule has 1 aliphatic rings. The monoisotopic (exact) mass is 447 g/mol. The summed E-state index contributed by atoms with van der Waals surface area (Å²) in [5.41, 5.74) is 1.23. The van der Waals surface area contributed by atoms with Gasteiger partial charge in [-0.1, -0.05) is 35.9 Å². The minimum atomic E-state index is -4.50. The smallest absolute Gasteiger partial charge is 0.416 e. The van der Waals surface area contributed by atoms with E-state index >= 15 is 0 Å². The number of alkyl halides is 3. The van der Waals surface area contributed by atoms with E-state index in [2.05, 4.69) is 5.32 Å². The van der Waals surface area contributed by atoms with E-state index in [-0.39, 0.29) is 23.7 Å². The highest BCUT2D eigenvalue weighted by atomic mass is 35.5. The van der Waals surface area contributed by atoms with Gasteiger partial charge in [0.25, 0.3) is 5.91 Å². The molecule has 0 saturated heterocycles. The second kappa shape index (κ2) is 8.07. The van der Waals surface area contributed by atoms with Gasteiger partial charge in [-0.05, 0) is 53.6 Å². The topological polar surface area (TPSA) is 38.3 Å². The fraction of sp³-hybridized carbons (Fsp3) is 0.0870. The molecule has 158 valence electrons. The Morgan fingerprint density at radius 3 is 2.42 bits per heavy atom. The first-order valence-electron chi connectivity index (χ1n) is 9.12. The molecule has 3 aromatic carbocycles. The van der Waals surface area contributed by atoms with Crippen molar-refractivity contribution in [2.24, 2.45) is 0 Å². The summed E-state index contributed by atoms with van der Waals surface area (Å²) in [4.78, 5) is 12.3. The maximum atomic E-state index is 13.0. The Morgan fingerprint density at radius 2 is 1.74 bits per heavy atom. The van der Waals surface area contributed by atoms with E-state index in [1.54, 1.807) is 36.4 Å². The van der Waals surface area contributed by atoms with Gasteiger partial charge in [-0.2, -0.15) is 13.2 Å². The lowest BCUT2D eigenvalue weighted by Gasteiger charge is -2.09. The molecule has 1 N–H and O–H groups in total. The van der Waals surface area contributed by atoms with E-state index in [0.29, 0.717) is 21.9 Å². The van der Waals surface area contributed by atoms with Gasteiger partial charge in [-0.25, -0.2) is 4.39 Å². The Balaban J connectivity index is 1.55. The van der Waals surface area contributed by atoms with Crippen LogP contribution in [0.15, 0.2) is 60.7 Å². The van der Waals surface area contributed by atoms with Gasteiger partial charge in [-0.3, -0.25) is 4.79 Å². The fourth-order valence-electron chi connectivity index (χ4n) is 3.15. The van der Waals surface area contributed by atoms with Crippen molar-refractivity contribution in [3.05, 3.63) is 93.8 Å². The van der Waals surface area contributed by atoms with Crippen molar-refractivity contribution in [2.45, 2.75) is 12.8 Å². The number of fused-ring (bicyclic) bond motifs is 1. The Labute approximate surface area is 179 Å². The molecule has 3 nitrogen and oxygen atoms in total. The van der Waals surface area contributed by atoms with Crippen LogP contribution in [0.4, 0.5) is 23.2 Å². The zero-order valence-corrected chi connectivity index (χ0v) is 16.5. The molecule has 1 heterocycles. The predicted octanol–water partition coefficient (Wildman–Crippen LogP) is 6.57. The molecule has 0 fully saturated rings. The third-order valence-corrected chi connectivity index (χ3v) is 5.00. The molecule has 1 amide bonds. The highest BCUT2D eigenvalue weighted by molar-refractivity contribution is 6.35. The molecule has 0 radical (unpaired) electrons. The van der Waals surface area contributed by atoms with Gasteiger partial charge < -0.3 is 10.1 Å². The van der Waals surface area contributed by atoms with E-state index in [1.807, 2.05) is 0 Å². The molecule has 8 heteroatoms. The van der Waals surface area contributed by atoms with Gasteiger partial charge in [0.15, 0.2) is 0 Å².